The van der Waals surface area contributed by atoms with Crippen molar-refractivity contribution in [3.63, 3.8) is 0 Å². The normalized spacial score (nSPS) is 29.8. The van der Waals surface area contributed by atoms with Crippen molar-refractivity contribution in [3.05, 3.63) is 0 Å². The maximum absolute atomic E-state index is 13.4. The zero-order chi connectivity index (χ0) is 11.9. The van der Waals surface area contributed by atoms with Crippen molar-refractivity contribution in [2.75, 3.05) is 6.54 Å². The zero-order valence-electron chi connectivity index (χ0n) is 8.94. The van der Waals surface area contributed by atoms with Crippen molar-refractivity contribution < 1.29 is 22.3 Å². The number of hydrogen-bond donors (Lipinski definition) is 0. The van der Waals surface area contributed by atoms with Crippen molar-refractivity contribution in [2.24, 2.45) is 0 Å². The Morgan fingerprint density at radius 3 is 2.07 bits per heavy atom. The van der Waals surface area contributed by atoms with Crippen LogP contribution in [0.1, 0.15) is 27.2 Å². The van der Waals surface area contributed by atoms with E-state index in [4.69, 9.17) is 0 Å². The molecule has 1 fully saturated rings. The highest BCUT2D eigenvalue weighted by Gasteiger charge is 2.43. The summed E-state index contributed by atoms with van der Waals surface area (Å²) in [5, 5.41) is 0. The largest absolute Gasteiger partial charge is 0.522 e. The molecule has 1 rings (SSSR count). The molecule has 0 spiro atoms. The first kappa shape index (κ1) is 12.7. The predicted molar refractivity (Wildman–Crippen MR) is 46.9 cm³/mol. The highest BCUT2D eigenvalue weighted by atomic mass is 19.4. The summed E-state index contributed by atoms with van der Waals surface area (Å²) in [7, 11) is 0. The van der Waals surface area contributed by atoms with E-state index in [-0.39, 0.29) is 13.0 Å². The lowest BCUT2D eigenvalue weighted by Crippen LogP contribution is -2.43. The molecule has 1 heterocycles. The van der Waals surface area contributed by atoms with Gasteiger partial charge in [0.15, 0.2) is 6.30 Å². The Morgan fingerprint density at radius 1 is 1.20 bits per heavy atom. The van der Waals surface area contributed by atoms with E-state index >= 15 is 0 Å². The summed E-state index contributed by atoms with van der Waals surface area (Å²) in [5.74, 6) is 0. The third-order valence-electron chi connectivity index (χ3n) is 2.36. The number of likely N-dealkylation sites (tertiary alicyclic amines) is 1. The van der Waals surface area contributed by atoms with E-state index in [9.17, 15) is 17.6 Å². The van der Waals surface area contributed by atoms with Gasteiger partial charge in [0, 0.05) is 18.5 Å². The first-order chi connectivity index (χ1) is 6.59. The topological polar surface area (TPSA) is 12.5 Å². The van der Waals surface area contributed by atoms with Gasteiger partial charge in [-0.1, -0.05) is 0 Å². The van der Waals surface area contributed by atoms with Crippen LogP contribution in [0.15, 0.2) is 0 Å². The van der Waals surface area contributed by atoms with Crippen molar-refractivity contribution in [1.29, 1.82) is 0 Å². The zero-order valence-corrected chi connectivity index (χ0v) is 8.94. The second-order valence-corrected chi connectivity index (χ2v) is 4.68. The number of nitrogens with zero attached hydrogens (tertiary/aromatic N) is 1. The Bertz CT molecular complexity index is 223. The molecule has 0 aromatic carbocycles. The molecule has 2 atom stereocenters. The van der Waals surface area contributed by atoms with Crippen LogP contribution < -0.4 is 0 Å². The van der Waals surface area contributed by atoms with Crippen LogP contribution in [-0.4, -0.2) is 35.7 Å². The molecule has 0 radical (unpaired) electrons. The molecule has 90 valence electrons. The summed E-state index contributed by atoms with van der Waals surface area (Å²) in [6.07, 6.45) is -7.37. The fraction of sp³-hybridized carbons (Fsp3) is 1.00. The molecule has 0 saturated carbocycles. The molecular formula is C9H15F4NO. The Morgan fingerprint density at radius 2 is 1.73 bits per heavy atom. The second kappa shape index (κ2) is 3.90. The molecule has 1 aliphatic rings. The van der Waals surface area contributed by atoms with Gasteiger partial charge in [-0.3, -0.25) is 9.64 Å². The van der Waals surface area contributed by atoms with Crippen LogP contribution in [-0.2, 0) is 4.74 Å². The summed E-state index contributed by atoms with van der Waals surface area (Å²) in [6.45, 7) is 5.25. The van der Waals surface area contributed by atoms with Crippen LogP contribution >= 0.6 is 0 Å². The molecule has 1 saturated heterocycles. The van der Waals surface area contributed by atoms with Crippen LogP contribution in [0.4, 0.5) is 17.6 Å². The maximum atomic E-state index is 13.4. The summed E-state index contributed by atoms with van der Waals surface area (Å²) >= 11 is 0. The molecule has 6 heteroatoms. The summed E-state index contributed by atoms with van der Waals surface area (Å²) < 4.78 is 52.9. The van der Waals surface area contributed by atoms with Gasteiger partial charge in [0.2, 0.25) is 0 Å². The Kier molecular flexibility index (Phi) is 3.30. The van der Waals surface area contributed by atoms with Gasteiger partial charge in [0.1, 0.15) is 0 Å². The molecule has 2 nitrogen and oxygen atoms in total. The Hall–Kier alpha value is -0.360. The van der Waals surface area contributed by atoms with Crippen molar-refractivity contribution in [1.82, 2.24) is 4.90 Å². The van der Waals surface area contributed by atoms with Crippen molar-refractivity contribution >= 4 is 0 Å². The minimum absolute atomic E-state index is 0.0236. The average molecular weight is 229 g/mol. The molecule has 0 amide bonds. The monoisotopic (exact) mass is 229 g/mol. The van der Waals surface area contributed by atoms with Gasteiger partial charge in [-0.25, -0.2) is 4.39 Å². The van der Waals surface area contributed by atoms with E-state index < -0.39 is 24.3 Å². The molecule has 0 bridgehead atoms. The summed E-state index contributed by atoms with van der Waals surface area (Å²) in [5.41, 5.74) is -0.483. The number of hydrogen-bond acceptors (Lipinski definition) is 2. The smallest absolute Gasteiger partial charge is 0.287 e. The second-order valence-electron chi connectivity index (χ2n) is 4.68. The Labute approximate surface area is 86.2 Å². The van der Waals surface area contributed by atoms with Crippen LogP contribution in [0.25, 0.3) is 0 Å². The van der Waals surface area contributed by atoms with Gasteiger partial charge in [-0.15, -0.1) is 13.2 Å². The lowest BCUT2D eigenvalue weighted by Gasteiger charge is -2.33. The van der Waals surface area contributed by atoms with Crippen LogP contribution in [0.2, 0.25) is 0 Å². The van der Waals surface area contributed by atoms with E-state index in [1.54, 1.807) is 20.8 Å². The summed E-state index contributed by atoms with van der Waals surface area (Å²) in [4.78, 5) is 1.38. The fourth-order valence-electron chi connectivity index (χ4n) is 1.72. The van der Waals surface area contributed by atoms with Crippen LogP contribution in [0, 0.1) is 0 Å². The number of rotatable bonds is 1. The highest BCUT2D eigenvalue weighted by molar-refractivity contribution is 4.88. The van der Waals surface area contributed by atoms with E-state index in [0.29, 0.717) is 0 Å². The maximum Gasteiger partial charge on any atom is 0.522 e. The lowest BCUT2D eigenvalue weighted by molar-refractivity contribution is -0.340. The molecule has 1 aliphatic heterocycles. The molecule has 0 aromatic heterocycles. The third-order valence-corrected chi connectivity index (χ3v) is 2.36. The molecule has 15 heavy (non-hydrogen) atoms. The van der Waals surface area contributed by atoms with Gasteiger partial charge < -0.3 is 0 Å². The first-order valence-corrected chi connectivity index (χ1v) is 4.75. The molecule has 0 N–H and O–H groups in total. The fourth-order valence-corrected chi connectivity index (χ4v) is 1.72. The van der Waals surface area contributed by atoms with Crippen LogP contribution in [0.3, 0.4) is 0 Å². The molecule has 0 aliphatic carbocycles. The minimum atomic E-state index is -4.68. The van der Waals surface area contributed by atoms with E-state index in [1.807, 2.05) is 0 Å². The predicted octanol–water partition coefficient (Wildman–Crippen LogP) is 2.69. The van der Waals surface area contributed by atoms with E-state index in [0.717, 1.165) is 0 Å². The van der Waals surface area contributed by atoms with E-state index in [2.05, 4.69) is 4.74 Å². The van der Waals surface area contributed by atoms with Crippen molar-refractivity contribution in [3.8, 4) is 0 Å². The number of halogens is 4. The van der Waals surface area contributed by atoms with Gasteiger partial charge >= 0.3 is 6.36 Å². The number of alkyl halides is 4. The quantitative estimate of drug-likeness (QED) is 0.506. The van der Waals surface area contributed by atoms with Gasteiger partial charge in [0.25, 0.3) is 0 Å². The molecule has 0 unspecified atom stereocenters. The minimum Gasteiger partial charge on any atom is -0.287 e. The van der Waals surface area contributed by atoms with Crippen LogP contribution in [0.5, 0.6) is 0 Å². The molecule has 0 aromatic rings. The Balaban J connectivity index is 2.57. The molecular weight excluding hydrogens is 214 g/mol. The third kappa shape index (κ3) is 3.61. The average Bonchev–Trinajstić information content (AvgIpc) is 2.25. The van der Waals surface area contributed by atoms with Gasteiger partial charge in [-0.2, -0.15) is 0 Å². The van der Waals surface area contributed by atoms with Gasteiger partial charge in [0.05, 0.1) is 6.10 Å². The highest BCUT2D eigenvalue weighted by Crippen LogP contribution is 2.32. The summed E-state index contributed by atoms with van der Waals surface area (Å²) in [6, 6.07) is 0. The van der Waals surface area contributed by atoms with Crippen molar-refractivity contribution in [2.45, 2.75) is 51.5 Å². The standard InChI is InChI=1S/C9H15F4NO/c1-8(2,3)14-5-6(4-7(14)10)15-9(11,12)13/h6-7H,4-5H2,1-3H3/t6-,7+/m0/s1. The lowest BCUT2D eigenvalue weighted by atomic mass is 10.1. The SMILES string of the molecule is CC(C)(C)N1C[C@@H](OC(F)(F)F)C[C@@H]1F. The first-order valence-electron chi connectivity index (χ1n) is 4.75. The van der Waals surface area contributed by atoms with E-state index in [1.165, 1.54) is 4.90 Å². The van der Waals surface area contributed by atoms with Gasteiger partial charge in [-0.05, 0) is 20.8 Å². The number of ether oxygens (including phenoxy) is 1.